The van der Waals surface area contributed by atoms with E-state index in [0.29, 0.717) is 11.3 Å². The van der Waals surface area contributed by atoms with Crippen molar-refractivity contribution in [1.29, 1.82) is 0 Å². The summed E-state index contributed by atoms with van der Waals surface area (Å²) in [5.74, 6) is 0. The maximum Gasteiger partial charge on any atom is 2.00 e. The SMILES string of the molecule is C=C(C)[C-]=O.C=[C-]/C([NH-])=C/C.[U+2]. The van der Waals surface area contributed by atoms with Crippen LogP contribution in [0.4, 0.5) is 0 Å². The van der Waals surface area contributed by atoms with E-state index in [2.05, 4.69) is 19.2 Å². The van der Waals surface area contributed by atoms with Gasteiger partial charge in [0.05, 0.1) is 0 Å². The van der Waals surface area contributed by atoms with Crippen molar-refractivity contribution in [3.63, 3.8) is 0 Å². The van der Waals surface area contributed by atoms with Crippen molar-refractivity contribution >= 4 is 6.29 Å². The predicted octanol–water partition coefficient (Wildman–Crippen LogP) is 2.60. The Labute approximate surface area is 98.0 Å². The van der Waals surface area contributed by atoms with Gasteiger partial charge in [-0.15, -0.1) is 6.92 Å². The Morgan fingerprint density at radius 3 is 1.92 bits per heavy atom. The molecule has 0 radical (unpaired) electrons. The minimum atomic E-state index is 0. The number of allylic oxidation sites excluding steroid dienone is 3. The number of carbonyl (C=O) groups excluding carboxylic acids is 1. The van der Waals surface area contributed by atoms with Gasteiger partial charge < -0.3 is 16.2 Å². The standard InChI is InChI=1S/C5H7N.C4H5O.U/c1-3-5(6)4-2;1-4(2)3-5;/h4,6H,1H2,2H3;1H2,2H3;/q-2;-1;+2/b5-4-;;. The van der Waals surface area contributed by atoms with Crippen LogP contribution in [0.25, 0.3) is 5.73 Å². The van der Waals surface area contributed by atoms with Crippen LogP contribution < -0.4 is 0 Å². The van der Waals surface area contributed by atoms with Crippen molar-refractivity contribution in [3.05, 3.63) is 42.3 Å². The number of nitrogens with one attached hydrogen (secondary N) is 1. The molecule has 12 heavy (non-hydrogen) atoms. The molecule has 0 saturated heterocycles. The molecule has 0 rings (SSSR count). The fourth-order valence-electron chi connectivity index (χ4n) is 0.102. The van der Waals surface area contributed by atoms with Crippen LogP contribution in [0.5, 0.6) is 0 Å². The molecule has 2 nitrogen and oxygen atoms in total. The Morgan fingerprint density at radius 1 is 1.58 bits per heavy atom. The average molecular weight is 388 g/mol. The third-order valence-corrected chi connectivity index (χ3v) is 0.653. The van der Waals surface area contributed by atoms with E-state index >= 15 is 0 Å². The molecule has 0 aliphatic heterocycles. The second-order valence-electron chi connectivity index (χ2n) is 1.76. The first-order chi connectivity index (χ1) is 5.08. The van der Waals surface area contributed by atoms with Crippen LogP contribution in [0.3, 0.4) is 0 Å². The van der Waals surface area contributed by atoms with E-state index in [1.54, 1.807) is 26.2 Å². The molecule has 0 amide bonds. The molecule has 0 aromatic heterocycles. The van der Waals surface area contributed by atoms with Crippen molar-refractivity contribution in [3.8, 4) is 0 Å². The fourth-order valence-corrected chi connectivity index (χ4v) is 0.102. The summed E-state index contributed by atoms with van der Waals surface area (Å²) in [5.41, 5.74) is 7.56. The summed E-state index contributed by atoms with van der Waals surface area (Å²) in [4.78, 5) is 9.28. The molecule has 0 atom stereocenters. The van der Waals surface area contributed by atoms with E-state index in [1.165, 1.54) is 0 Å². The Balaban J connectivity index is -0.000000126. The molecule has 0 saturated carbocycles. The molecule has 0 heterocycles. The van der Waals surface area contributed by atoms with Gasteiger partial charge in [0.25, 0.3) is 0 Å². The molecule has 0 fully saturated rings. The molecular formula is C9H12NOU-. The first kappa shape index (κ1) is 17.7. The Kier molecular flexibility index (Phi) is 19.7. The predicted molar refractivity (Wildman–Crippen MR) is 47.5 cm³/mol. The van der Waals surface area contributed by atoms with Gasteiger partial charge in [-0.1, -0.05) is 6.92 Å². The molecule has 3 heteroatoms. The van der Waals surface area contributed by atoms with E-state index in [1.807, 2.05) is 0 Å². The molecule has 1 N–H and O–H groups in total. The van der Waals surface area contributed by atoms with Crippen molar-refractivity contribution in [2.45, 2.75) is 13.8 Å². The van der Waals surface area contributed by atoms with Gasteiger partial charge in [0.15, 0.2) is 0 Å². The number of hydrogen-bond acceptors (Lipinski definition) is 1. The van der Waals surface area contributed by atoms with Gasteiger partial charge in [0.1, 0.15) is 0 Å². The summed E-state index contributed by atoms with van der Waals surface area (Å²) in [5, 5.41) is 0. The minimum absolute atomic E-state index is 0. The van der Waals surface area contributed by atoms with E-state index in [9.17, 15) is 4.79 Å². The summed E-state index contributed by atoms with van der Waals surface area (Å²) >= 11 is 0. The van der Waals surface area contributed by atoms with Crippen LogP contribution in [0.15, 0.2) is 30.5 Å². The molecular weight excluding hydrogens is 376 g/mol. The minimum Gasteiger partial charge on any atom is -0.730 e. The van der Waals surface area contributed by atoms with Crippen LogP contribution in [0, 0.1) is 37.2 Å². The van der Waals surface area contributed by atoms with Crippen LogP contribution in [0.1, 0.15) is 13.8 Å². The molecule has 0 aromatic carbocycles. The summed E-state index contributed by atoms with van der Waals surface area (Å²) in [6.45, 7) is 9.88. The van der Waals surface area contributed by atoms with Crippen LogP contribution in [-0.4, -0.2) is 6.29 Å². The van der Waals surface area contributed by atoms with E-state index in [-0.39, 0.29) is 31.1 Å². The second kappa shape index (κ2) is 13.3. The van der Waals surface area contributed by atoms with Crippen molar-refractivity contribution in [1.82, 2.24) is 0 Å². The average Bonchev–Trinajstić information content (AvgIpc) is 2.04. The van der Waals surface area contributed by atoms with Gasteiger partial charge in [-0.3, -0.25) is 6.08 Å². The smallest absolute Gasteiger partial charge is 0.730 e. The van der Waals surface area contributed by atoms with E-state index < -0.39 is 0 Å². The van der Waals surface area contributed by atoms with Gasteiger partial charge >= 0.3 is 31.1 Å². The van der Waals surface area contributed by atoms with Crippen LogP contribution >= 0.6 is 0 Å². The van der Waals surface area contributed by atoms with Gasteiger partial charge in [-0.25, -0.2) is 12.7 Å². The molecule has 0 aliphatic rings. The first-order valence-electron chi connectivity index (χ1n) is 3.03. The summed E-state index contributed by atoms with van der Waals surface area (Å²) < 4.78 is 0. The van der Waals surface area contributed by atoms with Gasteiger partial charge in [0.2, 0.25) is 0 Å². The Morgan fingerprint density at radius 2 is 1.92 bits per heavy atom. The Hall–Kier alpha value is -0.258. The summed E-state index contributed by atoms with van der Waals surface area (Å²) in [6, 6.07) is 0. The van der Waals surface area contributed by atoms with Crippen molar-refractivity contribution in [2.24, 2.45) is 0 Å². The van der Waals surface area contributed by atoms with E-state index in [0.717, 1.165) is 0 Å². The zero-order chi connectivity index (χ0) is 9.28. The van der Waals surface area contributed by atoms with Crippen LogP contribution in [-0.2, 0) is 4.79 Å². The van der Waals surface area contributed by atoms with Gasteiger partial charge in [0, 0.05) is 0 Å². The molecule has 0 aliphatic carbocycles. The largest absolute Gasteiger partial charge is 2.00 e. The maximum absolute atomic E-state index is 9.28. The topological polar surface area (TPSA) is 40.9 Å². The zero-order valence-electron chi connectivity index (χ0n) is 7.40. The summed E-state index contributed by atoms with van der Waals surface area (Å²) in [6.07, 6.45) is 5.61. The van der Waals surface area contributed by atoms with Gasteiger partial charge in [-0.2, -0.15) is 12.2 Å². The third-order valence-electron chi connectivity index (χ3n) is 0.653. The third kappa shape index (κ3) is 22.6. The first-order valence-corrected chi connectivity index (χ1v) is 3.03. The molecule has 0 aromatic rings. The van der Waals surface area contributed by atoms with Crippen molar-refractivity contribution < 1.29 is 35.9 Å². The number of rotatable bonds is 2. The second-order valence-corrected chi connectivity index (χ2v) is 1.76. The maximum atomic E-state index is 9.28. The zero-order valence-corrected chi connectivity index (χ0v) is 11.6. The summed E-state index contributed by atoms with van der Waals surface area (Å²) in [7, 11) is 0. The van der Waals surface area contributed by atoms with Crippen molar-refractivity contribution in [2.75, 3.05) is 0 Å². The molecule has 0 unspecified atom stereocenters. The quantitative estimate of drug-likeness (QED) is 0.407. The monoisotopic (exact) mass is 388 g/mol. The molecule has 0 bridgehead atoms. The normalized spacial score (nSPS) is 8.33. The molecule has 64 valence electrons. The Bertz CT molecular complexity index is 173. The fraction of sp³-hybridized carbons (Fsp3) is 0.222. The number of hydrogen-bond donors (Lipinski definition) is 0. The van der Waals surface area contributed by atoms with Gasteiger partial charge in [-0.05, 0) is 6.29 Å². The van der Waals surface area contributed by atoms with Crippen LogP contribution in [0.2, 0.25) is 0 Å². The van der Waals surface area contributed by atoms with E-state index in [4.69, 9.17) is 5.73 Å². The molecule has 0 spiro atoms.